The molecular formula is C97H108BN3. The number of hydrogen-bond acceptors (Lipinski definition) is 3. The highest BCUT2D eigenvalue weighted by atomic mass is 15.2. The number of rotatable bonds is 8. The molecule has 11 aromatic rings. The van der Waals surface area contributed by atoms with Crippen LogP contribution in [0.3, 0.4) is 0 Å². The Morgan fingerprint density at radius 2 is 0.545 bits per heavy atom. The first-order chi connectivity index (χ1) is 47.1. The third kappa shape index (κ3) is 13.5. The Bertz CT molecular complexity index is 4870. The number of benzene rings is 10. The SMILES string of the molecule is CC(C)(C)c1cc(-c2ccc3c(c2)N(c2c(-c4ccccc4)cc(C(C)(C)C)cc2-c2ccccc2)c2cc(C(C)(C)C)cc4c2B3c2ccc(-c3cc(C(C)(C)C)cc(C(C)(C)C)c3)cc2N4c2c(-c3ccccc3)cc(C(C)(C)C)cc2-c2cccc(C(C)(C)C)n2)cc(C(C)(C)C)c1. The van der Waals surface area contributed by atoms with Crippen molar-refractivity contribution in [1.29, 1.82) is 0 Å². The minimum absolute atomic E-state index is 0.0867. The monoisotopic (exact) mass is 1330 g/mol. The van der Waals surface area contributed by atoms with Crippen molar-refractivity contribution in [3.05, 3.63) is 263 Å². The van der Waals surface area contributed by atoms with E-state index in [1.807, 2.05) is 0 Å². The summed E-state index contributed by atoms with van der Waals surface area (Å²) in [6, 6.07) is 85.6. The molecule has 13 rings (SSSR count). The van der Waals surface area contributed by atoms with Crippen LogP contribution in [-0.2, 0) is 43.3 Å². The van der Waals surface area contributed by atoms with Gasteiger partial charge in [-0.3, -0.25) is 4.98 Å². The van der Waals surface area contributed by atoms with Crippen molar-refractivity contribution in [2.75, 3.05) is 9.80 Å². The van der Waals surface area contributed by atoms with Crippen molar-refractivity contribution in [3.63, 3.8) is 0 Å². The molecule has 3 nitrogen and oxygen atoms in total. The quantitative estimate of drug-likeness (QED) is 0.141. The van der Waals surface area contributed by atoms with Gasteiger partial charge in [0.05, 0.1) is 17.1 Å². The zero-order valence-corrected chi connectivity index (χ0v) is 65.2. The highest BCUT2D eigenvalue weighted by molar-refractivity contribution is 7.00. The summed E-state index contributed by atoms with van der Waals surface area (Å²) in [7, 11) is 0. The maximum Gasteiger partial charge on any atom is 0.252 e. The zero-order valence-electron chi connectivity index (χ0n) is 65.2. The van der Waals surface area contributed by atoms with Crippen LogP contribution >= 0.6 is 0 Å². The van der Waals surface area contributed by atoms with Crippen molar-refractivity contribution in [3.8, 4) is 66.9 Å². The molecule has 0 amide bonds. The van der Waals surface area contributed by atoms with Crippen LogP contribution in [-0.4, -0.2) is 11.7 Å². The molecule has 2 aliphatic heterocycles. The number of nitrogens with zero attached hydrogens (tertiary/aromatic N) is 3. The minimum atomic E-state index is -0.319. The van der Waals surface area contributed by atoms with Gasteiger partial charge in [-0.25, -0.2) is 0 Å². The summed E-state index contributed by atoms with van der Waals surface area (Å²) in [6.45, 7) is 56.3. The molecule has 1 aromatic heterocycles. The zero-order chi connectivity index (χ0) is 72.6. The molecule has 4 heteroatoms. The van der Waals surface area contributed by atoms with Crippen LogP contribution in [0.4, 0.5) is 34.1 Å². The largest absolute Gasteiger partial charge is 0.310 e. The van der Waals surface area contributed by atoms with Gasteiger partial charge in [0.1, 0.15) is 0 Å². The normalized spacial score (nSPS) is 13.7. The van der Waals surface area contributed by atoms with E-state index < -0.39 is 0 Å². The van der Waals surface area contributed by atoms with E-state index in [2.05, 4.69) is 394 Å². The van der Waals surface area contributed by atoms with Crippen molar-refractivity contribution in [1.82, 2.24) is 4.98 Å². The summed E-state index contributed by atoms with van der Waals surface area (Å²) in [6.07, 6.45) is 0. The van der Waals surface area contributed by atoms with Gasteiger partial charge in [0.25, 0.3) is 6.71 Å². The van der Waals surface area contributed by atoms with Crippen LogP contribution in [0.5, 0.6) is 0 Å². The second-order valence-electron chi connectivity index (χ2n) is 37.5. The lowest BCUT2D eigenvalue weighted by atomic mass is 9.33. The van der Waals surface area contributed by atoms with E-state index >= 15 is 0 Å². The lowest BCUT2D eigenvalue weighted by Crippen LogP contribution is -2.61. The standard InChI is InChI=1S/C97H108BN3/c1-90(2,3)68-47-66(48-69(53-68)91(4,5)6)64-43-45-79-82(51-64)100(88-75(61-35-28-25-29-36-61)55-72(94(13,14)15)56-76(88)62-37-30-26-31-38-62)84-59-74(96(19,20)21)60-85-87(84)98(79)80-46-44-65(67-49-70(92(7,8)9)54-71(50-67)93(10,11)12)52-83(80)101(85)89-77(63-39-32-27-33-40-63)57-73(95(16,17)18)58-78(89)81-41-34-42-86(99-81)97(22,23)24/h25-60H,1-24H3. The maximum atomic E-state index is 5.81. The lowest BCUT2D eigenvalue weighted by molar-refractivity contribution is 0.568. The minimum Gasteiger partial charge on any atom is -0.310 e. The second-order valence-corrected chi connectivity index (χ2v) is 37.5. The van der Waals surface area contributed by atoms with Crippen LogP contribution in [0, 0.1) is 0 Å². The van der Waals surface area contributed by atoms with Crippen molar-refractivity contribution >= 4 is 57.2 Å². The van der Waals surface area contributed by atoms with Crippen molar-refractivity contribution in [2.45, 2.75) is 209 Å². The van der Waals surface area contributed by atoms with E-state index in [-0.39, 0.29) is 50.0 Å². The number of anilines is 6. The molecule has 0 unspecified atom stereocenters. The lowest BCUT2D eigenvalue weighted by Gasteiger charge is -2.47. The predicted octanol–water partition coefficient (Wildman–Crippen LogP) is 25.5. The number of pyridine rings is 1. The molecule has 101 heavy (non-hydrogen) atoms. The van der Waals surface area contributed by atoms with Gasteiger partial charge in [0, 0.05) is 56.1 Å². The molecule has 0 bridgehead atoms. The van der Waals surface area contributed by atoms with Crippen LogP contribution in [0.25, 0.3) is 66.9 Å². The Balaban J connectivity index is 1.27. The highest BCUT2D eigenvalue weighted by Gasteiger charge is 2.47. The molecule has 0 fully saturated rings. The van der Waals surface area contributed by atoms with E-state index in [1.54, 1.807) is 0 Å². The molecule has 0 saturated heterocycles. The van der Waals surface area contributed by atoms with Gasteiger partial charge < -0.3 is 9.80 Å². The van der Waals surface area contributed by atoms with E-state index in [9.17, 15) is 0 Å². The summed E-state index contributed by atoms with van der Waals surface area (Å²) >= 11 is 0. The molecule has 2 aliphatic rings. The summed E-state index contributed by atoms with van der Waals surface area (Å²) in [4.78, 5) is 11.3. The van der Waals surface area contributed by atoms with E-state index in [0.29, 0.717) is 0 Å². The van der Waals surface area contributed by atoms with Gasteiger partial charge in [-0.05, 0) is 193 Å². The predicted molar refractivity (Wildman–Crippen MR) is 440 cm³/mol. The fourth-order valence-corrected chi connectivity index (χ4v) is 14.9. The molecule has 0 spiro atoms. The van der Waals surface area contributed by atoms with Crippen molar-refractivity contribution < 1.29 is 0 Å². The molecular weight excluding hydrogens is 1220 g/mol. The van der Waals surface area contributed by atoms with Crippen molar-refractivity contribution in [2.24, 2.45) is 0 Å². The van der Waals surface area contributed by atoms with Gasteiger partial charge >= 0.3 is 0 Å². The molecule has 0 radical (unpaired) electrons. The van der Waals surface area contributed by atoms with Gasteiger partial charge in [0.2, 0.25) is 0 Å². The van der Waals surface area contributed by atoms with Gasteiger partial charge in [-0.2, -0.15) is 0 Å². The molecule has 10 aromatic carbocycles. The molecule has 0 N–H and O–H groups in total. The first-order valence-corrected chi connectivity index (χ1v) is 37.0. The fourth-order valence-electron chi connectivity index (χ4n) is 14.9. The number of aromatic nitrogens is 1. The van der Waals surface area contributed by atoms with Gasteiger partial charge in [-0.1, -0.05) is 324 Å². The molecule has 0 saturated carbocycles. The molecule has 0 aliphatic carbocycles. The average Bonchev–Trinajstić information content (AvgIpc) is 0.686. The summed E-state index contributed by atoms with van der Waals surface area (Å²) in [5, 5.41) is 0. The topological polar surface area (TPSA) is 19.4 Å². The smallest absolute Gasteiger partial charge is 0.252 e. The average molecular weight is 1330 g/mol. The van der Waals surface area contributed by atoms with Crippen LogP contribution in [0.15, 0.2) is 218 Å². The van der Waals surface area contributed by atoms with Gasteiger partial charge in [0.15, 0.2) is 0 Å². The number of fused-ring (bicyclic) bond motifs is 4. The third-order valence-electron chi connectivity index (χ3n) is 21.4. The van der Waals surface area contributed by atoms with Crippen LogP contribution in [0.2, 0.25) is 0 Å². The Morgan fingerprint density at radius 1 is 0.238 bits per heavy atom. The third-order valence-corrected chi connectivity index (χ3v) is 21.4. The first kappa shape index (κ1) is 70.5. The molecule has 0 atom stereocenters. The van der Waals surface area contributed by atoms with Gasteiger partial charge in [-0.15, -0.1) is 0 Å². The maximum absolute atomic E-state index is 5.81. The second kappa shape index (κ2) is 24.9. The Kier molecular flexibility index (Phi) is 17.4. The van der Waals surface area contributed by atoms with Crippen LogP contribution in [0.1, 0.15) is 211 Å². The molecule has 3 heterocycles. The Labute approximate surface area is 607 Å². The first-order valence-electron chi connectivity index (χ1n) is 37.0. The fraction of sp³-hybridized carbons (Fsp3) is 0.330. The summed E-state index contributed by atoms with van der Waals surface area (Å²) in [5.74, 6) is 0. The Hall–Kier alpha value is -8.99. The van der Waals surface area contributed by atoms with Crippen LogP contribution < -0.4 is 26.2 Å². The van der Waals surface area contributed by atoms with E-state index in [4.69, 9.17) is 4.98 Å². The highest BCUT2D eigenvalue weighted by Crippen LogP contribution is 2.56. The van der Waals surface area contributed by atoms with E-state index in [0.717, 1.165) is 50.8 Å². The molecule has 514 valence electrons. The summed E-state index contributed by atoms with van der Waals surface area (Å²) in [5.41, 5.74) is 33.5. The van der Waals surface area contributed by atoms with E-state index in [1.165, 1.54) is 111 Å². The Morgan fingerprint density at radius 3 is 0.871 bits per heavy atom. The summed E-state index contributed by atoms with van der Waals surface area (Å²) < 4.78 is 0. The number of hydrogen-bond donors (Lipinski definition) is 0.